The van der Waals surface area contributed by atoms with Crippen LogP contribution >= 0.6 is 11.6 Å². The molecule has 0 saturated carbocycles. The predicted octanol–water partition coefficient (Wildman–Crippen LogP) is 1.42. The van der Waals surface area contributed by atoms with Crippen molar-refractivity contribution < 1.29 is 8.42 Å². The number of hydrogen-bond donors (Lipinski definition) is 2. The minimum atomic E-state index is -3.58. The normalized spacial score (nSPS) is 12.1. The molecule has 3 N–H and O–H groups in total. The molecule has 114 valence electrons. The van der Waals surface area contributed by atoms with Crippen molar-refractivity contribution in [1.82, 2.24) is 9.62 Å². The van der Waals surface area contributed by atoms with Gasteiger partial charge < -0.3 is 10.6 Å². The van der Waals surface area contributed by atoms with Gasteiger partial charge in [-0.1, -0.05) is 31.5 Å². The van der Waals surface area contributed by atoms with Crippen LogP contribution in [0, 0.1) is 0 Å². The SMILES string of the molecule is CCN(CC)CCNS(=O)(=O)c1ccc(CN)cc1Cl. The van der Waals surface area contributed by atoms with E-state index in [1.807, 2.05) is 13.8 Å². The minimum absolute atomic E-state index is 0.0934. The highest BCUT2D eigenvalue weighted by Crippen LogP contribution is 2.22. The Kier molecular flexibility index (Phi) is 6.91. The predicted molar refractivity (Wildman–Crippen MR) is 82.3 cm³/mol. The number of benzene rings is 1. The lowest BCUT2D eigenvalue weighted by Gasteiger charge is -2.18. The summed E-state index contributed by atoms with van der Waals surface area (Å²) in [6.07, 6.45) is 0. The Bertz CT molecular complexity index is 530. The van der Waals surface area contributed by atoms with Gasteiger partial charge in [-0.05, 0) is 30.8 Å². The van der Waals surface area contributed by atoms with Crippen molar-refractivity contribution in [2.75, 3.05) is 26.2 Å². The van der Waals surface area contributed by atoms with E-state index >= 15 is 0 Å². The van der Waals surface area contributed by atoms with Gasteiger partial charge in [0, 0.05) is 19.6 Å². The van der Waals surface area contributed by atoms with Gasteiger partial charge in [0.05, 0.1) is 5.02 Å². The summed E-state index contributed by atoms with van der Waals surface area (Å²) in [6.45, 7) is 7.23. The zero-order chi connectivity index (χ0) is 15.2. The van der Waals surface area contributed by atoms with Gasteiger partial charge in [0.25, 0.3) is 0 Å². The molecule has 20 heavy (non-hydrogen) atoms. The molecule has 1 rings (SSSR count). The lowest BCUT2D eigenvalue weighted by atomic mass is 10.2. The number of hydrogen-bond acceptors (Lipinski definition) is 4. The van der Waals surface area contributed by atoms with Crippen LogP contribution in [0.2, 0.25) is 5.02 Å². The van der Waals surface area contributed by atoms with Crippen molar-refractivity contribution in [3.63, 3.8) is 0 Å². The van der Waals surface area contributed by atoms with E-state index in [9.17, 15) is 8.42 Å². The number of nitrogens with two attached hydrogens (primary N) is 1. The highest BCUT2D eigenvalue weighted by atomic mass is 35.5. The second-order valence-electron chi connectivity index (χ2n) is 4.39. The summed E-state index contributed by atoms with van der Waals surface area (Å²) in [6, 6.07) is 4.75. The Balaban J connectivity index is 2.74. The maximum Gasteiger partial charge on any atom is 0.242 e. The summed E-state index contributed by atoms with van der Waals surface area (Å²) in [7, 11) is -3.58. The fourth-order valence-electron chi connectivity index (χ4n) is 1.84. The van der Waals surface area contributed by atoms with Gasteiger partial charge in [0.2, 0.25) is 10.0 Å². The summed E-state index contributed by atoms with van der Waals surface area (Å²) in [4.78, 5) is 2.23. The molecular weight excluding hydrogens is 298 g/mol. The molecule has 0 aliphatic heterocycles. The number of rotatable bonds is 8. The van der Waals surface area contributed by atoms with Crippen LogP contribution < -0.4 is 10.5 Å². The van der Waals surface area contributed by atoms with Crippen molar-refractivity contribution in [3.8, 4) is 0 Å². The van der Waals surface area contributed by atoms with E-state index in [1.165, 1.54) is 6.07 Å². The second-order valence-corrected chi connectivity index (χ2v) is 6.54. The molecule has 0 heterocycles. The van der Waals surface area contributed by atoms with Gasteiger partial charge >= 0.3 is 0 Å². The molecule has 5 nitrogen and oxygen atoms in total. The molecule has 0 aliphatic rings. The molecule has 0 aliphatic carbocycles. The zero-order valence-electron chi connectivity index (χ0n) is 11.9. The molecule has 0 atom stereocenters. The average Bonchev–Trinajstić information content (AvgIpc) is 2.43. The van der Waals surface area contributed by atoms with Crippen molar-refractivity contribution in [3.05, 3.63) is 28.8 Å². The van der Waals surface area contributed by atoms with Gasteiger partial charge in [-0.15, -0.1) is 0 Å². The Morgan fingerprint density at radius 1 is 1.30 bits per heavy atom. The van der Waals surface area contributed by atoms with Gasteiger partial charge in [-0.3, -0.25) is 0 Å². The molecule has 0 radical (unpaired) electrons. The lowest BCUT2D eigenvalue weighted by Crippen LogP contribution is -2.34. The fourth-order valence-corrected chi connectivity index (χ4v) is 3.43. The molecule has 0 unspecified atom stereocenters. The Morgan fingerprint density at radius 3 is 2.45 bits per heavy atom. The monoisotopic (exact) mass is 319 g/mol. The van der Waals surface area contributed by atoms with Crippen molar-refractivity contribution >= 4 is 21.6 Å². The first kappa shape index (κ1) is 17.4. The maximum absolute atomic E-state index is 12.2. The smallest absolute Gasteiger partial charge is 0.242 e. The molecule has 0 bridgehead atoms. The molecular formula is C13H22ClN3O2S. The third-order valence-electron chi connectivity index (χ3n) is 3.14. The molecule has 7 heteroatoms. The fraction of sp³-hybridized carbons (Fsp3) is 0.538. The molecule has 0 saturated heterocycles. The Morgan fingerprint density at radius 2 is 1.95 bits per heavy atom. The Hall–Kier alpha value is -0.660. The number of nitrogens with zero attached hydrogens (tertiary/aromatic N) is 1. The van der Waals surface area contributed by atoms with Crippen LogP contribution in [-0.2, 0) is 16.6 Å². The highest BCUT2D eigenvalue weighted by molar-refractivity contribution is 7.89. The summed E-state index contributed by atoms with van der Waals surface area (Å²) in [5, 5.41) is 0.197. The van der Waals surface area contributed by atoms with Gasteiger partial charge in [-0.25, -0.2) is 13.1 Å². The van der Waals surface area contributed by atoms with Crippen LogP contribution in [0.3, 0.4) is 0 Å². The standard InChI is InChI=1S/C13H22ClN3O2S/c1-3-17(4-2)8-7-16-20(18,19)13-6-5-11(10-15)9-12(13)14/h5-6,9,16H,3-4,7-8,10,15H2,1-2H3. The van der Waals surface area contributed by atoms with Crippen molar-refractivity contribution in [2.45, 2.75) is 25.3 Å². The third kappa shape index (κ3) is 4.71. The van der Waals surface area contributed by atoms with E-state index in [-0.39, 0.29) is 9.92 Å². The summed E-state index contributed by atoms with van der Waals surface area (Å²) >= 11 is 6.00. The van der Waals surface area contributed by atoms with Crippen LogP contribution in [0.1, 0.15) is 19.4 Å². The third-order valence-corrected chi connectivity index (χ3v) is 5.08. The van der Waals surface area contributed by atoms with Crippen LogP contribution in [0.15, 0.2) is 23.1 Å². The minimum Gasteiger partial charge on any atom is -0.326 e. The highest BCUT2D eigenvalue weighted by Gasteiger charge is 2.17. The summed E-state index contributed by atoms with van der Waals surface area (Å²) in [5.41, 5.74) is 6.30. The first-order chi connectivity index (χ1) is 9.44. The van der Waals surface area contributed by atoms with Crippen LogP contribution in [0.25, 0.3) is 0 Å². The Labute approximate surface area is 126 Å². The quantitative estimate of drug-likeness (QED) is 0.760. The van der Waals surface area contributed by atoms with Crippen LogP contribution in [-0.4, -0.2) is 39.5 Å². The number of nitrogens with one attached hydrogen (secondary N) is 1. The lowest BCUT2D eigenvalue weighted by molar-refractivity contribution is 0.309. The van der Waals surface area contributed by atoms with E-state index in [4.69, 9.17) is 17.3 Å². The van der Waals surface area contributed by atoms with Crippen LogP contribution in [0.5, 0.6) is 0 Å². The number of halogens is 1. The van der Waals surface area contributed by atoms with Gasteiger partial charge in [0.15, 0.2) is 0 Å². The topological polar surface area (TPSA) is 75.4 Å². The van der Waals surface area contributed by atoms with E-state index in [1.54, 1.807) is 12.1 Å². The van der Waals surface area contributed by atoms with Crippen LogP contribution in [0.4, 0.5) is 0 Å². The summed E-state index contributed by atoms with van der Waals surface area (Å²) < 4.78 is 26.9. The molecule has 0 spiro atoms. The zero-order valence-corrected chi connectivity index (χ0v) is 13.5. The van der Waals surface area contributed by atoms with E-state index in [0.29, 0.717) is 19.6 Å². The van der Waals surface area contributed by atoms with E-state index in [0.717, 1.165) is 18.7 Å². The number of sulfonamides is 1. The van der Waals surface area contributed by atoms with Gasteiger partial charge in [-0.2, -0.15) is 0 Å². The number of likely N-dealkylation sites (N-methyl/N-ethyl adjacent to an activating group) is 1. The maximum atomic E-state index is 12.2. The van der Waals surface area contributed by atoms with Gasteiger partial charge in [0.1, 0.15) is 4.90 Å². The molecule has 0 amide bonds. The first-order valence-electron chi connectivity index (χ1n) is 6.65. The molecule has 1 aromatic rings. The van der Waals surface area contributed by atoms with E-state index < -0.39 is 10.0 Å². The average molecular weight is 320 g/mol. The van der Waals surface area contributed by atoms with Crippen molar-refractivity contribution in [2.24, 2.45) is 5.73 Å². The first-order valence-corrected chi connectivity index (χ1v) is 8.51. The van der Waals surface area contributed by atoms with E-state index in [2.05, 4.69) is 9.62 Å². The van der Waals surface area contributed by atoms with Crippen molar-refractivity contribution in [1.29, 1.82) is 0 Å². The molecule has 1 aromatic carbocycles. The second kappa shape index (κ2) is 7.95. The largest absolute Gasteiger partial charge is 0.326 e. The molecule has 0 fully saturated rings. The molecule has 0 aromatic heterocycles. The summed E-state index contributed by atoms with van der Waals surface area (Å²) in [5.74, 6) is 0.